The van der Waals surface area contributed by atoms with Crippen LogP contribution in [-0.2, 0) is 14.4 Å². The number of amides is 2. The third kappa shape index (κ3) is 10.7. The summed E-state index contributed by atoms with van der Waals surface area (Å²) in [6.07, 6.45) is 8.48. The van der Waals surface area contributed by atoms with Gasteiger partial charge in [-0.3, -0.25) is 19.3 Å². The average molecular weight is 636 g/mol. The van der Waals surface area contributed by atoms with Crippen LogP contribution in [0.25, 0.3) is 0 Å². The summed E-state index contributed by atoms with van der Waals surface area (Å²) < 4.78 is 6.42. The highest BCUT2D eigenvalue weighted by Crippen LogP contribution is 2.27. The van der Waals surface area contributed by atoms with E-state index in [1.165, 1.54) is 0 Å². The van der Waals surface area contributed by atoms with Gasteiger partial charge < -0.3 is 19.9 Å². The van der Waals surface area contributed by atoms with E-state index in [9.17, 15) is 14.4 Å². The van der Waals surface area contributed by atoms with E-state index in [1.54, 1.807) is 0 Å². The molecular formula is C38H59N4O4+. The van der Waals surface area contributed by atoms with E-state index < -0.39 is 0 Å². The van der Waals surface area contributed by atoms with Gasteiger partial charge in [0.25, 0.3) is 5.91 Å². The van der Waals surface area contributed by atoms with Crippen molar-refractivity contribution in [2.24, 2.45) is 0 Å². The molecule has 1 unspecified atom stereocenters. The highest BCUT2D eigenvalue weighted by atomic mass is 16.5. The predicted molar refractivity (Wildman–Crippen MR) is 188 cm³/mol. The fraction of sp³-hybridized carbons (Fsp3) is 0.605. The maximum absolute atomic E-state index is 13.2. The van der Waals surface area contributed by atoms with Crippen molar-refractivity contribution >= 4 is 29.2 Å². The van der Waals surface area contributed by atoms with E-state index in [2.05, 4.69) is 36.3 Å². The smallest absolute Gasteiger partial charge is 0.311 e. The molecule has 8 heteroatoms. The number of likely N-dealkylation sites (tertiary alicyclic amines) is 1. The molecule has 0 bridgehead atoms. The average Bonchev–Trinajstić information content (AvgIpc) is 3.03. The number of carbonyl (C=O) groups is 3. The number of nitrogens with one attached hydrogen (secondary N) is 2. The number of hydrogen-bond donors (Lipinski definition) is 2. The second kappa shape index (κ2) is 18.2. The lowest BCUT2D eigenvalue weighted by Crippen LogP contribution is -2.52. The molecule has 1 heterocycles. The van der Waals surface area contributed by atoms with Crippen LogP contribution in [0.2, 0.25) is 0 Å². The van der Waals surface area contributed by atoms with E-state index in [0.29, 0.717) is 18.7 Å². The normalized spacial score (nSPS) is 15.4. The zero-order valence-electron chi connectivity index (χ0n) is 29.6. The van der Waals surface area contributed by atoms with Crippen molar-refractivity contribution in [2.75, 3.05) is 49.9 Å². The van der Waals surface area contributed by atoms with Gasteiger partial charge in [-0.1, -0.05) is 43.9 Å². The lowest BCUT2D eigenvalue weighted by molar-refractivity contribution is -0.915. The highest BCUT2D eigenvalue weighted by molar-refractivity contribution is 5.96. The van der Waals surface area contributed by atoms with Crippen LogP contribution in [0.15, 0.2) is 30.3 Å². The van der Waals surface area contributed by atoms with E-state index in [0.717, 1.165) is 122 Å². The van der Waals surface area contributed by atoms with Gasteiger partial charge in [-0.25, -0.2) is 0 Å². The Hall–Kier alpha value is -3.23. The maximum atomic E-state index is 13.2. The van der Waals surface area contributed by atoms with Crippen LogP contribution in [0.3, 0.4) is 0 Å². The third-order valence-electron chi connectivity index (χ3n) is 9.97. The van der Waals surface area contributed by atoms with E-state index in [1.807, 2.05) is 58.0 Å². The SMILES string of the molecule is CC[N+](CC)(CC)CC(=O)Nc1c(C)cc(OC(=O)CCCCCCCN2CCCCC2C(=O)Nc2c(C)cccc2C)cc1C. The summed E-state index contributed by atoms with van der Waals surface area (Å²) in [7, 11) is 0. The molecule has 0 aromatic heterocycles. The summed E-state index contributed by atoms with van der Waals surface area (Å²) in [6, 6.07) is 9.70. The van der Waals surface area contributed by atoms with Crippen molar-refractivity contribution in [2.45, 2.75) is 112 Å². The Balaban J connectivity index is 1.37. The molecule has 1 aliphatic rings. The second-order valence-corrected chi connectivity index (χ2v) is 13.2. The van der Waals surface area contributed by atoms with Crippen LogP contribution in [0, 0.1) is 27.7 Å². The molecule has 1 aliphatic heterocycles. The number of anilines is 2. The van der Waals surface area contributed by atoms with E-state index in [-0.39, 0.29) is 23.8 Å². The lowest BCUT2D eigenvalue weighted by Gasteiger charge is -2.35. The summed E-state index contributed by atoms with van der Waals surface area (Å²) in [5.41, 5.74) is 5.71. The monoisotopic (exact) mass is 635 g/mol. The Labute approximate surface area is 277 Å². The number of rotatable bonds is 17. The Bertz CT molecular complexity index is 1270. The summed E-state index contributed by atoms with van der Waals surface area (Å²) in [6.45, 7) is 19.4. The molecule has 2 N–H and O–H groups in total. The van der Waals surface area contributed by atoms with Gasteiger partial charge in [-0.2, -0.15) is 0 Å². The lowest BCUT2D eigenvalue weighted by atomic mass is 10.00. The van der Waals surface area contributed by atoms with Crippen molar-refractivity contribution in [3.8, 4) is 5.75 Å². The molecule has 254 valence electrons. The molecule has 1 saturated heterocycles. The van der Waals surface area contributed by atoms with Gasteiger partial charge in [0.1, 0.15) is 5.75 Å². The van der Waals surface area contributed by atoms with Gasteiger partial charge in [-0.05, 0) is 122 Å². The van der Waals surface area contributed by atoms with Gasteiger partial charge in [0.15, 0.2) is 6.54 Å². The second-order valence-electron chi connectivity index (χ2n) is 13.2. The number of nitrogens with zero attached hydrogens (tertiary/aromatic N) is 2. The number of piperidine rings is 1. The number of esters is 1. The topological polar surface area (TPSA) is 87.7 Å². The summed E-state index contributed by atoms with van der Waals surface area (Å²) in [5, 5.41) is 6.31. The maximum Gasteiger partial charge on any atom is 0.311 e. The first-order chi connectivity index (χ1) is 22.0. The molecule has 46 heavy (non-hydrogen) atoms. The quantitative estimate of drug-likeness (QED) is 0.0815. The highest BCUT2D eigenvalue weighted by Gasteiger charge is 2.29. The Morgan fingerprint density at radius 3 is 2.02 bits per heavy atom. The van der Waals surface area contributed by atoms with Crippen LogP contribution in [0.4, 0.5) is 11.4 Å². The molecule has 1 fully saturated rings. The minimum absolute atomic E-state index is 0.0101. The number of ether oxygens (including phenoxy) is 1. The fourth-order valence-corrected chi connectivity index (χ4v) is 6.74. The van der Waals surface area contributed by atoms with Crippen LogP contribution in [-0.4, -0.2) is 72.5 Å². The predicted octanol–water partition coefficient (Wildman–Crippen LogP) is 7.47. The molecule has 1 atom stereocenters. The number of hydrogen-bond acceptors (Lipinski definition) is 5. The van der Waals surface area contributed by atoms with E-state index in [4.69, 9.17) is 4.74 Å². The number of unbranched alkanes of at least 4 members (excludes halogenated alkanes) is 4. The first-order valence-corrected chi connectivity index (χ1v) is 17.6. The number of likely N-dealkylation sites (N-methyl/N-ethyl adjacent to an activating group) is 1. The van der Waals surface area contributed by atoms with Gasteiger partial charge in [0.05, 0.1) is 25.7 Å². The van der Waals surface area contributed by atoms with Crippen LogP contribution in [0.1, 0.15) is 101 Å². The zero-order chi connectivity index (χ0) is 33.7. The first-order valence-electron chi connectivity index (χ1n) is 17.6. The number of carbonyl (C=O) groups excluding carboxylic acids is 3. The summed E-state index contributed by atoms with van der Waals surface area (Å²) >= 11 is 0. The third-order valence-corrected chi connectivity index (χ3v) is 9.97. The molecular weight excluding hydrogens is 576 g/mol. The van der Waals surface area contributed by atoms with E-state index >= 15 is 0 Å². The minimum atomic E-state index is -0.224. The molecule has 2 amide bonds. The standard InChI is InChI=1S/C38H58N4O4/c1-8-42(9-2,10-3)27-34(43)39-37-30(6)25-32(26-31(37)7)46-35(44)22-14-12-11-13-16-23-41-24-17-15-21-33(41)38(45)40-36-28(4)19-18-20-29(36)5/h18-20,25-26,33H,8-17,21-24,27H2,1-7H3,(H-,39,40,43,45)/p+1. The number of para-hydroxylation sites is 1. The summed E-state index contributed by atoms with van der Waals surface area (Å²) in [5.74, 6) is 0.423. The first kappa shape index (κ1) is 37.2. The largest absolute Gasteiger partial charge is 0.427 e. The molecule has 0 spiro atoms. The van der Waals surface area contributed by atoms with Gasteiger partial charge in [-0.15, -0.1) is 0 Å². The Morgan fingerprint density at radius 2 is 1.39 bits per heavy atom. The number of aryl methyl sites for hydroxylation is 4. The van der Waals surface area contributed by atoms with Gasteiger partial charge in [0.2, 0.25) is 5.91 Å². The molecule has 3 rings (SSSR count). The summed E-state index contributed by atoms with van der Waals surface area (Å²) in [4.78, 5) is 41.0. The van der Waals surface area contributed by atoms with Crippen molar-refractivity contribution in [1.82, 2.24) is 4.90 Å². The van der Waals surface area contributed by atoms with Crippen LogP contribution < -0.4 is 15.4 Å². The van der Waals surface area contributed by atoms with Gasteiger partial charge in [0, 0.05) is 17.8 Å². The van der Waals surface area contributed by atoms with Crippen molar-refractivity contribution in [3.05, 3.63) is 52.6 Å². The zero-order valence-corrected chi connectivity index (χ0v) is 29.6. The van der Waals surface area contributed by atoms with Crippen LogP contribution >= 0.6 is 0 Å². The molecule has 2 aromatic carbocycles. The fourth-order valence-electron chi connectivity index (χ4n) is 6.74. The minimum Gasteiger partial charge on any atom is -0.427 e. The van der Waals surface area contributed by atoms with Crippen LogP contribution in [0.5, 0.6) is 5.75 Å². The number of quaternary nitrogens is 1. The Kier molecular flexibility index (Phi) is 14.7. The molecule has 0 saturated carbocycles. The number of benzene rings is 2. The molecule has 8 nitrogen and oxygen atoms in total. The van der Waals surface area contributed by atoms with Crippen molar-refractivity contribution in [1.29, 1.82) is 0 Å². The Morgan fingerprint density at radius 1 is 0.804 bits per heavy atom. The molecule has 0 aliphatic carbocycles. The van der Waals surface area contributed by atoms with Gasteiger partial charge >= 0.3 is 5.97 Å². The molecule has 2 aromatic rings. The molecule has 0 radical (unpaired) electrons. The van der Waals surface area contributed by atoms with Crippen molar-refractivity contribution in [3.63, 3.8) is 0 Å². The van der Waals surface area contributed by atoms with Crippen molar-refractivity contribution < 1.29 is 23.6 Å².